The Labute approximate surface area is 104 Å². The predicted molar refractivity (Wildman–Crippen MR) is 69.8 cm³/mol. The van der Waals surface area contributed by atoms with Gasteiger partial charge in [0.2, 0.25) is 0 Å². The summed E-state index contributed by atoms with van der Waals surface area (Å²) in [6, 6.07) is 10.2. The van der Waals surface area contributed by atoms with E-state index in [0.717, 1.165) is 25.7 Å². The van der Waals surface area contributed by atoms with E-state index in [-0.39, 0.29) is 12.1 Å². The highest BCUT2D eigenvalue weighted by molar-refractivity contribution is 5.69. The van der Waals surface area contributed by atoms with Crippen LogP contribution in [-0.2, 0) is 16.0 Å². The molecule has 17 heavy (non-hydrogen) atoms. The first-order chi connectivity index (χ1) is 8.22. The van der Waals surface area contributed by atoms with Crippen molar-refractivity contribution in [2.45, 2.75) is 52.1 Å². The number of benzene rings is 1. The van der Waals surface area contributed by atoms with Crippen molar-refractivity contribution in [3.63, 3.8) is 0 Å². The normalized spacial score (nSPS) is 12.1. The van der Waals surface area contributed by atoms with E-state index < -0.39 is 0 Å². The minimum atomic E-state index is -0.0677. The summed E-state index contributed by atoms with van der Waals surface area (Å²) in [5.41, 5.74) is 1.28. The van der Waals surface area contributed by atoms with E-state index in [0.29, 0.717) is 6.42 Å². The molecule has 0 aliphatic carbocycles. The first-order valence-corrected chi connectivity index (χ1v) is 6.45. The van der Waals surface area contributed by atoms with Gasteiger partial charge in [0, 0.05) is 6.42 Å². The van der Waals surface area contributed by atoms with Crippen molar-refractivity contribution in [2.24, 2.45) is 0 Å². The van der Waals surface area contributed by atoms with E-state index in [4.69, 9.17) is 4.74 Å². The van der Waals surface area contributed by atoms with Gasteiger partial charge in [-0.2, -0.15) is 0 Å². The van der Waals surface area contributed by atoms with Gasteiger partial charge in [-0.3, -0.25) is 4.79 Å². The van der Waals surface area contributed by atoms with Gasteiger partial charge in [0.1, 0.15) is 0 Å². The number of ether oxygens (including phenoxy) is 1. The highest BCUT2D eigenvalue weighted by Crippen LogP contribution is 2.07. The number of rotatable bonds is 7. The Kier molecular flexibility index (Phi) is 6.38. The van der Waals surface area contributed by atoms with Gasteiger partial charge in [-0.15, -0.1) is 0 Å². The lowest BCUT2D eigenvalue weighted by Gasteiger charge is -2.11. The van der Waals surface area contributed by atoms with Crippen LogP contribution in [0.15, 0.2) is 30.3 Å². The molecule has 1 aromatic carbocycles. The third-order valence-electron chi connectivity index (χ3n) is 2.72. The molecule has 0 radical (unpaired) electrons. The van der Waals surface area contributed by atoms with Crippen LogP contribution in [0.5, 0.6) is 0 Å². The summed E-state index contributed by atoms with van der Waals surface area (Å²) in [5.74, 6) is -0.0677. The van der Waals surface area contributed by atoms with Crippen molar-refractivity contribution in [2.75, 3.05) is 0 Å². The van der Waals surface area contributed by atoms with E-state index in [9.17, 15) is 4.79 Å². The maximum absolute atomic E-state index is 11.5. The molecule has 1 rings (SSSR count). The van der Waals surface area contributed by atoms with Crippen LogP contribution in [0.3, 0.4) is 0 Å². The van der Waals surface area contributed by atoms with Gasteiger partial charge in [0.15, 0.2) is 0 Å². The molecule has 1 aromatic rings. The van der Waals surface area contributed by atoms with Gasteiger partial charge in [-0.1, -0.05) is 43.7 Å². The van der Waals surface area contributed by atoms with E-state index in [1.807, 2.05) is 25.1 Å². The van der Waals surface area contributed by atoms with E-state index in [1.54, 1.807) is 0 Å². The fourth-order valence-corrected chi connectivity index (χ4v) is 1.83. The molecule has 2 heteroatoms. The zero-order chi connectivity index (χ0) is 12.5. The minimum Gasteiger partial charge on any atom is -0.463 e. The Bertz CT molecular complexity index is 319. The van der Waals surface area contributed by atoms with Crippen LogP contribution in [0.1, 0.15) is 45.1 Å². The average molecular weight is 234 g/mol. The second-order valence-electron chi connectivity index (χ2n) is 4.43. The van der Waals surface area contributed by atoms with Crippen LogP contribution < -0.4 is 0 Å². The van der Waals surface area contributed by atoms with Gasteiger partial charge < -0.3 is 4.74 Å². The number of aryl methyl sites for hydroxylation is 1. The molecule has 2 nitrogen and oxygen atoms in total. The lowest BCUT2D eigenvalue weighted by atomic mass is 10.1. The maximum Gasteiger partial charge on any atom is 0.306 e. The minimum absolute atomic E-state index is 0.0595. The number of hydrogen-bond acceptors (Lipinski definition) is 2. The lowest BCUT2D eigenvalue weighted by Crippen LogP contribution is -2.14. The SMILES string of the molecule is CCCC(C)OC(=O)CCCc1ccccc1. The second kappa shape index (κ2) is 7.88. The van der Waals surface area contributed by atoms with Crippen LogP contribution in [-0.4, -0.2) is 12.1 Å². The van der Waals surface area contributed by atoms with Crippen molar-refractivity contribution >= 4 is 5.97 Å². The molecule has 94 valence electrons. The third kappa shape index (κ3) is 6.10. The summed E-state index contributed by atoms with van der Waals surface area (Å²) in [4.78, 5) is 11.5. The van der Waals surface area contributed by atoms with Gasteiger partial charge in [0.05, 0.1) is 6.10 Å². The number of hydrogen-bond donors (Lipinski definition) is 0. The zero-order valence-corrected chi connectivity index (χ0v) is 10.8. The molecule has 0 N–H and O–H groups in total. The molecular formula is C15H22O2. The summed E-state index contributed by atoms with van der Waals surface area (Å²) < 4.78 is 5.29. The van der Waals surface area contributed by atoms with Crippen LogP contribution >= 0.6 is 0 Å². The van der Waals surface area contributed by atoms with Crippen molar-refractivity contribution in [3.8, 4) is 0 Å². The van der Waals surface area contributed by atoms with Gasteiger partial charge in [-0.05, 0) is 31.7 Å². The fraction of sp³-hybridized carbons (Fsp3) is 0.533. The quantitative estimate of drug-likeness (QED) is 0.672. The summed E-state index contributed by atoms with van der Waals surface area (Å²) in [5, 5.41) is 0. The van der Waals surface area contributed by atoms with Crippen molar-refractivity contribution in [3.05, 3.63) is 35.9 Å². The Morgan fingerprint density at radius 2 is 2.00 bits per heavy atom. The first kappa shape index (κ1) is 13.8. The molecule has 0 saturated heterocycles. The predicted octanol–water partition coefficient (Wildman–Crippen LogP) is 3.74. The molecule has 0 aromatic heterocycles. The largest absolute Gasteiger partial charge is 0.463 e. The van der Waals surface area contributed by atoms with Crippen LogP contribution in [0, 0.1) is 0 Å². The molecule has 0 spiro atoms. The molecule has 0 heterocycles. The average Bonchev–Trinajstić information content (AvgIpc) is 2.30. The molecule has 0 fully saturated rings. The summed E-state index contributed by atoms with van der Waals surface area (Å²) >= 11 is 0. The number of carbonyl (C=O) groups excluding carboxylic acids is 1. The lowest BCUT2D eigenvalue weighted by molar-refractivity contribution is -0.148. The smallest absolute Gasteiger partial charge is 0.306 e. The number of esters is 1. The van der Waals surface area contributed by atoms with E-state index in [2.05, 4.69) is 19.1 Å². The topological polar surface area (TPSA) is 26.3 Å². The van der Waals surface area contributed by atoms with Crippen molar-refractivity contribution in [1.29, 1.82) is 0 Å². The molecule has 0 amide bonds. The summed E-state index contributed by atoms with van der Waals surface area (Å²) in [6.07, 6.45) is 4.38. The fourth-order valence-electron chi connectivity index (χ4n) is 1.83. The molecule has 0 bridgehead atoms. The summed E-state index contributed by atoms with van der Waals surface area (Å²) in [7, 11) is 0. The van der Waals surface area contributed by atoms with Crippen molar-refractivity contribution < 1.29 is 9.53 Å². The van der Waals surface area contributed by atoms with E-state index in [1.165, 1.54) is 5.56 Å². The Morgan fingerprint density at radius 3 is 2.65 bits per heavy atom. The second-order valence-corrected chi connectivity index (χ2v) is 4.43. The molecular weight excluding hydrogens is 212 g/mol. The Balaban J connectivity index is 2.16. The van der Waals surface area contributed by atoms with E-state index >= 15 is 0 Å². The first-order valence-electron chi connectivity index (χ1n) is 6.45. The monoisotopic (exact) mass is 234 g/mol. The van der Waals surface area contributed by atoms with Gasteiger partial charge in [0.25, 0.3) is 0 Å². The molecule has 0 aliphatic heterocycles. The zero-order valence-electron chi connectivity index (χ0n) is 10.8. The molecule has 1 atom stereocenters. The van der Waals surface area contributed by atoms with Crippen molar-refractivity contribution in [1.82, 2.24) is 0 Å². The highest BCUT2D eigenvalue weighted by atomic mass is 16.5. The standard InChI is InChI=1S/C15H22O2/c1-3-8-13(2)17-15(16)12-7-11-14-9-5-4-6-10-14/h4-6,9-10,13H,3,7-8,11-12H2,1-2H3. The molecule has 1 unspecified atom stereocenters. The Morgan fingerprint density at radius 1 is 1.29 bits per heavy atom. The van der Waals surface area contributed by atoms with Gasteiger partial charge >= 0.3 is 5.97 Å². The third-order valence-corrected chi connectivity index (χ3v) is 2.72. The van der Waals surface area contributed by atoms with Crippen LogP contribution in [0.2, 0.25) is 0 Å². The van der Waals surface area contributed by atoms with Crippen LogP contribution in [0.25, 0.3) is 0 Å². The highest BCUT2D eigenvalue weighted by Gasteiger charge is 2.08. The number of carbonyl (C=O) groups is 1. The molecule has 0 saturated carbocycles. The van der Waals surface area contributed by atoms with Gasteiger partial charge in [-0.25, -0.2) is 0 Å². The maximum atomic E-state index is 11.5. The Hall–Kier alpha value is -1.31. The van der Waals surface area contributed by atoms with Crippen LogP contribution in [0.4, 0.5) is 0 Å². The summed E-state index contributed by atoms with van der Waals surface area (Å²) in [6.45, 7) is 4.05. The molecule has 0 aliphatic rings.